The topological polar surface area (TPSA) is 57.6 Å². The van der Waals surface area contributed by atoms with Crippen LogP contribution in [-0.2, 0) is 11.3 Å². The van der Waals surface area contributed by atoms with Gasteiger partial charge in [-0.3, -0.25) is 9.59 Å². The predicted octanol–water partition coefficient (Wildman–Crippen LogP) is 4.49. The summed E-state index contributed by atoms with van der Waals surface area (Å²) in [6, 6.07) is 4.28. The first kappa shape index (κ1) is 23.3. The zero-order valence-electron chi connectivity index (χ0n) is 19.9. The number of nitrogens with one attached hydrogen (secondary N) is 1. The summed E-state index contributed by atoms with van der Waals surface area (Å²) in [6.07, 6.45) is 8.23. The zero-order valence-corrected chi connectivity index (χ0v) is 20.7. The molecular weight excluding hydrogens is 420 g/mol. The molecule has 1 aliphatic heterocycles. The number of nitrogens with zero attached hydrogens (tertiary/aromatic N) is 3. The maximum absolute atomic E-state index is 13.8. The first-order valence-electron chi connectivity index (χ1n) is 12.4. The molecule has 0 aromatic carbocycles. The molecule has 2 aromatic heterocycles. The van der Waals surface area contributed by atoms with E-state index in [0.717, 1.165) is 42.7 Å². The molecule has 32 heavy (non-hydrogen) atoms. The SMILES string of the molecule is CCN(CC)CCN1C(=O)c2cc3sccc3n2CC1(C)C(=O)NC1CCCCCCC1. The lowest BCUT2D eigenvalue weighted by molar-refractivity contribution is -0.133. The van der Waals surface area contributed by atoms with Gasteiger partial charge in [-0.15, -0.1) is 11.3 Å². The van der Waals surface area contributed by atoms with E-state index in [1.54, 1.807) is 11.3 Å². The summed E-state index contributed by atoms with van der Waals surface area (Å²) < 4.78 is 3.18. The fraction of sp³-hybridized carbons (Fsp3) is 0.680. The molecule has 6 nitrogen and oxygen atoms in total. The van der Waals surface area contributed by atoms with Gasteiger partial charge in [-0.1, -0.05) is 46.0 Å². The Kier molecular flexibility index (Phi) is 7.25. The molecule has 2 amide bonds. The van der Waals surface area contributed by atoms with Gasteiger partial charge in [-0.2, -0.15) is 0 Å². The highest BCUT2D eigenvalue weighted by Gasteiger charge is 2.48. The second-order valence-corrected chi connectivity index (χ2v) is 10.5. The second kappa shape index (κ2) is 9.96. The highest BCUT2D eigenvalue weighted by molar-refractivity contribution is 7.17. The van der Waals surface area contributed by atoms with Crippen molar-refractivity contribution < 1.29 is 9.59 Å². The van der Waals surface area contributed by atoms with E-state index in [1.807, 2.05) is 17.9 Å². The van der Waals surface area contributed by atoms with Crippen molar-refractivity contribution in [3.63, 3.8) is 0 Å². The fourth-order valence-electron chi connectivity index (χ4n) is 5.35. The Balaban J connectivity index is 1.62. The molecule has 0 radical (unpaired) electrons. The van der Waals surface area contributed by atoms with Gasteiger partial charge in [0, 0.05) is 19.1 Å². The third kappa shape index (κ3) is 4.46. The summed E-state index contributed by atoms with van der Waals surface area (Å²) in [5.74, 6) is -0.0270. The number of hydrogen-bond acceptors (Lipinski definition) is 4. The molecule has 1 unspecified atom stereocenters. The van der Waals surface area contributed by atoms with E-state index in [2.05, 4.69) is 40.1 Å². The number of aromatic nitrogens is 1. The Morgan fingerprint density at radius 3 is 2.56 bits per heavy atom. The lowest BCUT2D eigenvalue weighted by atomic mass is 9.92. The standard InChI is InChI=1S/C25H38N4O2S/c1-4-27(5-2)14-15-29-23(30)21-17-22-20(13-16-32-22)28(21)18-25(29,3)24(31)26-19-11-9-7-6-8-10-12-19/h13,16-17,19H,4-12,14-15,18H2,1-3H3,(H,26,31). The van der Waals surface area contributed by atoms with Crippen LogP contribution in [0.25, 0.3) is 10.2 Å². The van der Waals surface area contributed by atoms with E-state index >= 15 is 0 Å². The van der Waals surface area contributed by atoms with Crippen LogP contribution in [0.15, 0.2) is 17.5 Å². The van der Waals surface area contributed by atoms with Gasteiger partial charge in [-0.25, -0.2) is 0 Å². The Morgan fingerprint density at radius 1 is 1.19 bits per heavy atom. The Labute approximate surface area is 195 Å². The average Bonchev–Trinajstić information content (AvgIpc) is 3.35. The fourth-order valence-corrected chi connectivity index (χ4v) is 6.17. The Hall–Kier alpha value is -1.86. The molecule has 1 saturated carbocycles. The minimum atomic E-state index is -0.895. The maximum Gasteiger partial charge on any atom is 0.271 e. The first-order valence-corrected chi connectivity index (χ1v) is 13.3. The number of carbonyl (C=O) groups excluding carboxylic acids is 2. The molecule has 7 heteroatoms. The third-order valence-electron chi connectivity index (χ3n) is 7.51. The molecule has 1 fully saturated rings. The normalized spacial score (nSPS) is 22.8. The molecule has 2 aliphatic rings. The second-order valence-electron chi connectivity index (χ2n) is 9.56. The van der Waals surface area contributed by atoms with Gasteiger partial charge in [0.15, 0.2) is 0 Å². The van der Waals surface area contributed by atoms with Crippen molar-refractivity contribution in [2.75, 3.05) is 26.2 Å². The molecule has 2 aromatic rings. The summed E-state index contributed by atoms with van der Waals surface area (Å²) in [5.41, 5.74) is 0.877. The quantitative estimate of drug-likeness (QED) is 0.665. The van der Waals surface area contributed by atoms with Crippen LogP contribution in [0, 0.1) is 0 Å². The van der Waals surface area contributed by atoms with Crippen LogP contribution in [0.3, 0.4) is 0 Å². The third-order valence-corrected chi connectivity index (χ3v) is 8.37. The minimum absolute atomic E-state index is 0.00120. The molecule has 3 heterocycles. The van der Waals surface area contributed by atoms with Crippen molar-refractivity contribution in [1.29, 1.82) is 0 Å². The summed E-state index contributed by atoms with van der Waals surface area (Å²) in [7, 11) is 0. The summed E-state index contributed by atoms with van der Waals surface area (Å²) in [6.45, 7) is 9.97. The van der Waals surface area contributed by atoms with Gasteiger partial charge in [0.2, 0.25) is 5.91 Å². The predicted molar refractivity (Wildman–Crippen MR) is 131 cm³/mol. The summed E-state index contributed by atoms with van der Waals surface area (Å²) in [4.78, 5) is 31.7. The summed E-state index contributed by atoms with van der Waals surface area (Å²) >= 11 is 1.65. The van der Waals surface area contributed by atoms with Gasteiger partial charge in [0.1, 0.15) is 11.2 Å². The molecule has 176 valence electrons. The van der Waals surface area contributed by atoms with Crippen molar-refractivity contribution in [3.8, 4) is 0 Å². The van der Waals surface area contributed by atoms with Crippen LogP contribution < -0.4 is 5.32 Å². The lowest BCUT2D eigenvalue weighted by Gasteiger charge is -2.45. The highest BCUT2D eigenvalue weighted by atomic mass is 32.1. The van der Waals surface area contributed by atoms with Crippen molar-refractivity contribution in [1.82, 2.24) is 19.7 Å². The number of fused-ring (bicyclic) bond motifs is 3. The van der Waals surface area contributed by atoms with Crippen molar-refractivity contribution in [2.24, 2.45) is 0 Å². The number of thiophene rings is 1. The number of hydrogen-bond donors (Lipinski definition) is 1. The molecule has 1 N–H and O–H groups in total. The van der Waals surface area contributed by atoms with Crippen LogP contribution in [0.2, 0.25) is 0 Å². The Bertz CT molecular complexity index is 939. The van der Waals surface area contributed by atoms with E-state index in [0.29, 0.717) is 18.8 Å². The monoisotopic (exact) mass is 458 g/mol. The van der Waals surface area contributed by atoms with E-state index in [1.165, 1.54) is 32.1 Å². The van der Waals surface area contributed by atoms with Crippen molar-refractivity contribution in [2.45, 2.75) is 83.8 Å². The molecule has 1 aliphatic carbocycles. The first-order chi connectivity index (χ1) is 15.5. The smallest absolute Gasteiger partial charge is 0.271 e. The lowest BCUT2D eigenvalue weighted by Crippen LogP contribution is -2.65. The largest absolute Gasteiger partial charge is 0.351 e. The minimum Gasteiger partial charge on any atom is -0.351 e. The molecule has 1 atom stereocenters. The van der Waals surface area contributed by atoms with Crippen LogP contribution >= 0.6 is 11.3 Å². The molecule has 0 saturated heterocycles. The molecule has 0 bridgehead atoms. The number of rotatable bonds is 7. The molecule has 4 rings (SSSR count). The average molecular weight is 459 g/mol. The van der Waals surface area contributed by atoms with Crippen LogP contribution in [-0.4, -0.2) is 63.9 Å². The van der Waals surface area contributed by atoms with Gasteiger partial charge >= 0.3 is 0 Å². The number of carbonyl (C=O) groups is 2. The van der Waals surface area contributed by atoms with Gasteiger partial charge in [0.05, 0.1) is 16.8 Å². The van der Waals surface area contributed by atoms with E-state index < -0.39 is 5.54 Å². The van der Waals surface area contributed by atoms with Crippen LogP contribution in [0.1, 0.15) is 76.2 Å². The van der Waals surface area contributed by atoms with Crippen LogP contribution in [0.4, 0.5) is 0 Å². The van der Waals surface area contributed by atoms with Gasteiger partial charge in [-0.05, 0) is 50.4 Å². The molecular formula is C25H38N4O2S. The zero-order chi connectivity index (χ0) is 22.7. The number of likely N-dealkylation sites (N-methyl/N-ethyl adjacent to an activating group) is 1. The maximum atomic E-state index is 13.8. The number of amides is 2. The van der Waals surface area contributed by atoms with E-state index in [-0.39, 0.29) is 17.9 Å². The van der Waals surface area contributed by atoms with Crippen LogP contribution in [0.5, 0.6) is 0 Å². The van der Waals surface area contributed by atoms with E-state index in [4.69, 9.17) is 0 Å². The van der Waals surface area contributed by atoms with Crippen molar-refractivity contribution in [3.05, 3.63) is 23.2 Å². The van der Waals surface area contributed by atoms with Crippen molar-refractivity contribution >= 4 is 33.4 Å². The highest BCUT2D eigenvalue weighted by Crippen LogP contribution is 2.34. The molecule has 0 spiro atoms. The van der Waals surface area contributed by atoms with Gasteiger partial charge < -0.3 is 19.7 Å². The Morgan fingerprint density at radius 2 is 1.88 bits per heavy atom. The van der Waals surface area contributed by atoms with Gasteiger partial charge in [0.25, 0.3) is 5.91 Å². The summed E-state index contributed by atoms with van der Waals surface area (Å²) in [5, 5.41) is 5.43. The van der Waals surface area contributed by atoms with E-state index in [9.17, 15) is 9.59 Å².